The Balaban J connectivity index is 1.78. The average molecular weight is 335 g/mol. The van der Waals surface area contributed by atoms with Gasteiger partial charge in [-0.15, -0.1) is 0 Å². The van der Waals surface area contributed by atoms with Crippen molar-refractivity contribution in [2.24, 2.45) is 34.5 Å². The number of hydrogen-bond donors (Lipinski definition) is 3. The van der Waals surface area contributed by atoms with E-state index in [-0.39, 0.29) is 29.6 Å². The smallest absolute Gasteiger partial charge is 0.0750 e. The van der Waals surface area contributed by atoms with Gasteiger partial charge in [0.2, 0.25) is 0 Å². The van der Waals surface area contributed by atoms with Gasteiger partial charge in [-0.1, -0.05) is 19.4 Å². The highest BCUT2D eigenvalue weighted by Crippen LogP contribution is 2.67. The Morgan fingerprint density at radius 3 is 2.50 bits per heavy atom. The Hall–Kier alpha value is -0.380. The molecule has 3 fully saturated rings. The van der Waals surface area contributed by atoms with Gasteiger partial charge in [-0.2, -0.15) is 0 Å². The summed E-state index contributed by atoms with van der Waals surface area (Å²) in [7, 11) is 0. The lowest BCUT2D eigenvalue weighted by Gasteiger charge is -2.61. The molecular weight excluding hydrogens is 300 g/mol. The third-order valence-corrected chi connectivity index (χ3v) is 8.90. The SMILES string of the molecule is CC1=C2CC(C)[C@@H]3[C@@H](CC[C@]4(C)C(O)CC[C@@H]34)[C@@]2(CO)CCC1O. The molecule has 4 rings (SSSR count). The van der Waals surface area contributed by atoms with E-state index in [9.17, 15) is 15.3 Å². The second kappa shape index (κ2) is 5.56. The normalized spacial score (nSPS) is 54.2. The van der Waals surface area contributed by atoms with Gasteiger partial charge in [-0.05, 0) is 86.5 Å². The van der Waals surface area contributed by atoms with E-state index < -0.39 is 0 Å². The van der Waals surface area contributed by atoms with Gasteiger partial charge >= 0.3 is 0 Å². The standard InChI is InChI=1S/C21H34O3/c1-12-10-16-13(2)17(23)7-9-21(16,11-22)15-6-8-20(3)14(19(12)15)4-5-18(20)24/h12,14-15,17-19,22-24H,4-11H2,1-3H3/t12?,14-,15+,17?,18?,19-,20-,21-/m0/s1. The lowest BCUT2D eigenvalue weighted by Crippen LogP contribution is -2.56. The Morgan fingerprint density at radius 1 is 1.04 bits per heavy atom. The summed E-state index contributed by atoms with van der Waals surface area (Å²) in [4.78, 5) is 0. The molecule has 0 aromatic heterocycles. The Morgan fingerprint density at radius 2 is 1.79 bits per heavy atom. The number of fused-ring (bicyclic) bond motifs is 5. The summed E-state index contributed by atoms with van der Waals surface area (Å²) in [6, 6.07) is 0. The monoisotopic (exact) mass is 334 g/mol. The number of aliphatic hydroxyl groups excluding tert-OH is 3. The largest absolute Gasteiger partial charge is 0.395 e. The van der Waals surface area contributed by atoms with Crippen LogP contribution in [-0.4, -0.2) is 34.1 Å². The summed E-state index contributed by atoms with van der Waals surface area (Å²) in [6.45, 7) is 7.00. The van der Waals surface area contributed by atoms with Crippen molar-refractivity contribution in [3.8, 4) is 0 Å². The minimum absolute atomic E-state index is 0.0799. The maximum absolute atomic E-state index is 10.6. The molecule has 0 aliphatic heterocycles. The highest BCUT2D eigenvalue weighted by Gasteiger charge is 2.61. The minimum Gasteiger partial charge on any atom is -0.395 e. The van der Waals surface area contributed by atoms with E-state index in [0.717, 1.165) is 50.5 Å². The molecule has 3 heteroatoms. The summed E-state index contributed by atoms with van der Waals surface area (Å²) in [5.74, 6) is 2.31. The fourth-order valence-electron chi connectivity index (χ4n) is 7.48. The van der Waals surface area contributed by atoms with Crippen LogP contribution in [0.4, 0.5) is 0 Å². The maximum atomic E-state index is 10.6. The van der Waals surface area contributed by atoms with Crippen molar-refractivity contribution < 1.29 is 15.3 Å². The minimum atomic E-state index is -0.314. The molecule has 3 saturated carbocycles. The second-order valence-electron chi connectivity index (χ2n) is 9.64. The molecular formula is C21H34O3. The van der Waals surface area contributed by atoms with Crippen LogP contribution in [-0.2, 0) is 0 Å². The molecule has 3 nitrogen and oxygen atoms in total. The summed E-state index contributed by atoms with van der Waals surface area (Å²) < 4.78 is 0. The van der Waals surface area contributed by atoms with Crippen molar-refractivity contribution in [2.75, 3.05) is 6.61 Å². The molecule has 0 heterocycles. The first-order valence-corrected chi connectivity index (χ1v) is 10.0. The van der Waals surface area contributed by atoms with Crippen molar-refractivity contribution in [3.63, 3.8) is 0 Å². The fourth-order valence-corrected chi connectivity index (χ4v) is 7.48. The summed E-state index contributed by atoms with van der Waals surface area (Å²) in [6.07, 6.45) is 6.58. The van der Waals surface area contributed by atoms with E-state index in [0.29, 0.717) is 23.7 Å². The summed E-state index contributed by atoms with van der Waals surface area (Å²) in [5, 5.41) is 31.5. The lowest BCUT2D eigenvalue weighted by atomic mass is 9.44. The lowest BCUT2D eigenvalue weighted by molar-refractivity contribution is -0.112. The van der Waals surface area contributed by atoms with Gasteiger partial charge in [0.1, 0.15) is 0 Å². The van der Waals surface area contributed by atoms with Gasteiger partial charge in [0, 0.05) is 5.41 Å². The van der Waals surface area contributed by atoms with E-state index in [2.05, 4.69) is 20.8 Å². The van der Waals surface area contributed by atoms with Gasteiger partial charge in [-0.25, -0.2) is 0 Å². The van der Waals surface area contributed by atoms with Crippen LogP contribution >= 0.6 is 0 Å². The predicted molar refractivity (Wildman–Crippen MR) is 94.3 cm³/mol. The van der Waals surface area contributed by atoms with Crippen LogP contribution in [0.25, 0.3) is 0 Å². The Bertz CT molecular complexity index is 555. The molecule has 0 amide bonds. The van der Waals surface area contributed by atoms with Gasteiger partial charge in [0.05, 0.1) is 18.8 Å². The highest BCUT2D eigenvalue weighted by molar-refractivity contribution is 5.32. The first kappa shape index (κ1) is 17.1. The van der Waals surface area contributed by atoms with E-state index in [1.807, 2.05) is 0 Å². The van der Waals surface area contributed by atoms with E-state index in [4.69, 9.17) is 0 Å². The average Bonchev–Trinajstić information content (AvgIpc) is 2.87. The van der Waals surface area contributed by atoms with Crippen molar-refractivity contribution in [1.82, 2.24) is 0 Å². The molecule has 0 aromatic rings. The van der Waals surface area contributed by atoms with Crippen molar-refractivity contribution >= 4 is 0 Å². The van der Waals surface area contributed by atoms with Crippen LogP contribution in [0.5, 0.6) is 0 Å². The van der Waals surface area contributed by atoms with E-state index in [1.54, 1.807) is 0 Å². The zero-order valence-electron chi connectivity index (χ0n) is 15.5. The molecule has 24 heavy (non-hydrogen) atoms. The van der Waals surface area contributed by atoms with Gasteiger partial charge < -0.3 is 15.3 Å². The number of rotatable bonds is 1. The van der Waals surface area contributed by atoms with Crippen LogP contribution in [0.3, 0.4) is 0 Å². The van der Waals surface area contributed by atoms with E-state index >= 15 is 0 Å². The van der Waals surface area contributed by atoms with Gasteiger partial charge in [-0.3, -0.25) is 0 Å². The maximum Gasteiger partial charge on any atom is 0.0750 e. The third-order valence-electron chi connectivity index (χ3n) is 8.90. The first-order chi connectivity index (χ1) is 11.3. The molecule has 4 aliphatic rings. The highest BCUT2D eigenvalue weighted by atomic mass is 16.3. The van der Waals surface area contributed by atoms with Crippen LogP contribution in [0.2, 0.25) is 0 Å². The molecule has 8 atom stereocenters. The van der Waals surface area contributed by atoms with Crippen LogP contribution < -0.4 is 0 Å². The summed E-state index contributed by atoms with van der Waals surface area (Å²) in [5.41, 5.74) is 2.49. The first-order valence-electron chi connectivity index (χ1n) is 10.0. The third kappa shape index (κ3) is 2.01. The molecule has 0 aromatic carbocycles. The molecule has 0 radical (unpaired) electrons. The zero-order valence-corrected chi connectivity index (χ0v) is 15.5. The zero-order chi connectivity index (χ0) is 17.3. The van der Waals surface area contributed by atoms with Crippen LogP contribution in [0.1, 0.15) is 65.7 Å². The van der Waals surface area contributed by atoms with Crippen molar-refractivity contribution in [1.29, 1.82) is 0 Å². The molecule has 136 valence electrons. The Kier molecular flexibility index (Phi) is 3.95. The molecule has 3 N–H and O–H groups in total. The molecule has 3 unspecified atom stereocenters. The van der Waals surface area contributed by atoms with Crippen molar-refractivity contribution in [2.45, 2.75) is 77.9 Å². The van der Waals surface area contributed by atoms with Gasteiger partial charge in [0.25, 0.3) is 0 Å². The molecule has 0 bridgehead atoms. The fraction of sp³-hybridized carbons (Fsp3) is 0.905. The number of hydrogen-bond acceptors (Lipinski definition) is 3. The van der Waals surface area contributed by atoms with Crippen molar-refractivity contribution in [3.05, 3.63) is 11.1 Å². The summed E-state index contributed by atoms with van der Waals surface area (Å²) >= 11 is 0. The second-order valence-corrected chi connectivity index (χ2v) is 9.64. The van der Waals surface area contributed by atoms with Crippen LogP contribution in [0.15, 0.2) is 11.1 Å². The van der Waals surface area contributed by atoms with Gasteiger partial charge in [0.15, 0.2) is 0 Å². The quantitative estimate of drug-likeness (QED) is 0.645. The molecule has 0 saturated heterocycles. The molecule has 0 spiro atoms. The number of aliphatic hydroxyl groups is 3. The topological polar surface area (TPSA) is 60.7 Å². The Labute approximate surface area is 146 Å². The van der Waals surface area contributed by atoms with Crippen LogP contribution in [0, 0.1) is 34.5 Å². The van der Waals surface area contributed by atoms with E-state index in [1.165, 1.54) is 5.57 Å². The molecule has 4 aliphatic carbocycles. The predicted octanol–water partition coefficient (Wildman–Crippen LogP) is 3.28.